The molecule has 0 bridgehead atoms. The van der Waals surface area contributed by atoms with Crippen LogP contribution in [0.4, 0.5) is 0 Å². The van der Waals surface area contributed by atoms with Gasteiger partial charge >= 0.3 is 5.97 Å². The van der Waals surface area contributed by atoms with Crippen molar-refractivity contribution in [2.75, 3.05) is 0 Å². The number of Topliss-reactive ketones (excluding diaryl/α,β-unsaturated/α-hetero) is 1. The summed E-state index contributed by atoms with van der Waals surface area (Å²) >= 11 is 0. The third-order valence-corrected chi connectivity index (χ3v) is 1.52. The average molecular weight is 217 g/mol. The van der Waals surface area contributed by atoms with Crippen molar-refractivity contribution in [3.63, 3.8) is 0 Å². The molecule has 0 saturated heterocycles. The average Bonchev–Trinajstić information content (AvgIpc) is 2.03. The quantitative estimate of drug-likeness (QED) is 0.712. The lowest BCUT2D eigenvalue weighted by Crippen LogP contribution is -2.37. The molecule has 1 unspecified atom stereocenters. The van der Waals surface area contributed by atoms with Crippen LogP contribution in [0.25, 0.3) is 0 Å². The molecule has 4 nitrogen and oxygen atoms in total. The maximum Gasteiger partial charge on any atom is 0.304 e. The molecule has 0 aliphatic rings. The van der Waals surface area contributed by atoms with Crippen molar-refractivity contribution in [1.82, 2.24) is 5.32 Å². The highest BCUT2D eigenvalue weighted by Gasteiger charge is 2.15. The fraction of sp³-hybridized carbons (Fsp3) is 0.818. The number of nitrogens with one attached hydrogen (secondary N) is 1. The normalized spacial score (nSPS) is 11.6. The number of carbonyl (C=O) groups excluding carboxylic acids is 1. The predicted octanol–water partition coefficient (Wildman–Crippen LogP) is 1.83. The van der Waals surface area contributed by atoms with E-state index in [4.69, 9.17) is 5.11 Å². The van der Waals surface area contributed by atoms with Crippen molar-refractivity contribution in [2.45, 2.75) is 59.5 Å². The van der Waals surface area contributed by atoms with E-state index in [-0.39, 0.29) is 30.7 Å². The van der Waals surface area contributed by atoms with Crippen molar-refractivity contribution in [2.24, 2.45) is 0 Å². The van der Waals surface area contributed by atoms with E-state index < -0.39 is 5.97 Å². The van der Waals surface area contributed by atoms with Gasteiger partial charge in [-0.1, -0.05) is 27.7 Å². The first-order valence-corrected chi connectivity index (χ1v) is 5.39. The summed E-state index contributed by atoms with van der Waals surface area (Å²) < 4.78 is 0. The summed E-state index contributed by atoms with van der Waals surface area (Å²) in [4.78, 5) is 21.2. The molecule has 0 spiro atoms. The number of hydrogen-bond donors (Lipinski definition) is 2. The Morgan fingerprint density at radius 3 is 1.93 bits per heavy atom. The highest BCUT2D eigenvalue weighted by atomic mass is 16.4. The number of hydrogen-bond acceptors (Lipinski definition) is 3. The molecule has 0 aliphatic heterocycles. The highest BCUT2D eigenvalue weighted by molar-refractivity contribution is 5.77. The van der Waals surface area contributed by atoms with Gasteiger partial charge in [-0.05, 0) is 6.92 Å². The molecule has 0 aromatic heterocycles. The Morgan fingerprint density at radius 1 is 1.20 bits per heavy atom. The zero-order valence-electron chi connectivity index (χ0n) is 10.3. The Bertz CT molecular complexity index is 174. The van der Waals surface area contributed by atoms with Crippen molar-refractivity contribution in [3.05, 3.63) is 0 Å². The zero-order chi connectivity index (χ0) is 12.4. The van der Waals surface area contributed by atoms with Gasteiger partial charge in [0.15, 0.2) is 0 Å². The van der Waals surface area contributed by atoms with Crippen molar-refractivity contribution in [3.8, 4) is 0 Å². The first kappa shape index (κ1) is 16.5. The van der Waals surface area contributed by atoms with Crippen LogP contribution in [-0.2, 0) is 9.59 Å². The molecule has 90 valence electrons. The van der Waals surface area contributed by atoms with Gasteiger partial charge < -0.3 is 10.4 Å². The summed E-state index contributed by atoms with van der Waals surface area (Å²) in [5.41, 5.74) is 0. The summed E-state index contributed by atoms with van der Waals surface area (Å²) in [6.45, 7) is 9.32. The lowest BCUT2D eigenvalue weighted by Gasteiger charge is -2.17. The van der Waals surface area contributed by atoms with Gasteiger partial charge in [0.2, 0.25) is 0 Å². The Balaban J connectivity index is 0. The minimum atomic E-state index is -0.876. The Hall–Kier alpha value is -0.900. The summed E-state index contributed by atoms with van der Waals surface area (Å²) in [5, 5.41) is 11.6. The molecule has 4 heteroatoms. The van der Waals surface area contributed by atoms with Crippen LogP contribution in [0.5, 0.6) is 0 Å². The molecule has 0 rings (SSSR count). The number of rotatable bonds is 6. The SMILES string of the molecule is CC.CC(=O)CC(CC(=O)O)NC(C)C. The van der Waals surface area contributed by atoms with E-state index >= 15 is 0 Å². The molecule has 1 atom stereocenters. The van der Waals surface area contributed by atoms with Crippen LogP contribution in [0.2, 0.25) is 0 Å². The van der Waals surface area contributed by atoms with Gasteiger partial charge in [-0.25, -0.2) is 0 Å². The molecule has 0 aromatic carbocycles. The number of aliphatic carboxylic acids is 1. The van der Waals surface area contributed by atoms with E-state index in [2.05, 4.69) is 5.32 Å². The third kappa shape index (κ3) is 13.1. The topological polar surface area (TPSA) is 66.4 Å². The molecule has 0 heterocycles. The molecule has 2 N–H and O–H groups in total. The van der Waals surface area contributed by atoms with Crippen LogP contribution in [0.1, 0.15) is 47.5 Å². The van der Waals surface area contributed by atoms with Gasteiger partial charge in [0.05, 0.1) is 6.42 Å². The largest absolute Gasteiger partial charge is 0.481 e. The summed E-state index contributed by atoms with van der Waals surface area (Å²) in [6, 6.07) is -0.0429. The Morgan fingerprint density at radius 2 is 1.67 bits per heavy atom. The van der Waals surface area contributed by atoms with Gasteiger partial charge in [0.25, 0.3) is 0 Å². The Labute approximate surface area is 92.1 Å². The van der Waals surface area contributed by atoms with Gasteiger partial charge in [-0.2, -0.15) is 0 Å². The maximum atomic E-state index is 10.8. The molecule has 0 saturated carbocycles. The lowest BCUT2D eigenvalue weighted by molar-refractivity contribution is -0.137. The second kappa shape index (κ2) is 9.65. The van der Waals surface area contributed by atoms with Crippen LogP contribution in [0.15, 0.2) is 0 Å². The van der Waals surface area contributed by atoms with Crippen molar-refractivity contribution < 1.29 is 14.7 Å². The fourth-order valence-electron chi connectivity index (χ4n) is 1.22. The molecule has 0 radical (unpaired) electrons. The van der Waals surface area contributed by atoms with Crippen LogP contribution in [0.3, 0.4) is 0 Å². The predicted molar refractivity (Wildman–Crippen MR) is 61.0 cm³/mol. The number of ketones is 1. The van der Waals surface area contributed by atoms with Gasteiger partial charge in [-0.3, -0.25) is 9.59 Å². The second-order valence-corrected chi connectivity index (χ2v) is 3.52. The van der Waals surface area contributed by atoms with Crippen LogP contribution < -0.4 is 5.32 Å². The third-order valence-electron chi connectivity index (χ3n) is 1.52. The second-order valence-electron chi connectivity index (χ2n) is 3.52. The molecule has 0 amide bonds. The van der Waals surface area contributed by atoms with Gasteiger partial charge in [-0.15, -0.1) is 0 Å². The number of carboxylic acids is 1. The zero-order valence-corrected chi connectivity index (χ0v) is 10.3. The number of carbonyl (C=O) groups is 2. The minimum Gasteiger partial charge on any atom is -0.481 e. The summed E-state index contributed by atoms with van der Waals surface area (Å²) in [7, 11) is 0. The van der Waals surface area contributed by atoms with E-state index in [1.54, 1.807) is 0 Å². The first-order chi connectivity index (χ1) is 6.91. The van der Waals surface area contributed by atoms with Crippen LogP contribution in [-0.4, -0.2) is 28.9 Å². The van der Waals surface area contributed by atoms with Crippen molar-refractivity contribution >= 4 is 11.8 Å². The fourth-order valence-corrected chi connectivity index (χ4v) is 1.22. The van der Waals surface area contributed by atoms with Gasteiger partial charge in [0.1, 0.15) is 5.78 Å². The maximum absolute atomic E-state index is 10.8. The minimum absolute atomic E-state index is 0.00222. The van der Waals surface area contributed by atoms with E-state index in [0.29, 0.717) is 0 Å². The number of carboxylic acid groups (broad SMARTS) is 1. The van der Waals surface area contributed by atoms with E-state index in [1.807, 2.05) is 27.7 Å². The molecule has 0 aromatic rings. The van der Waals surface area contributed by atoms with Crippen LogP contribution >= 0.6 is 0 Å². The first-order valence-electron chi connectivity index (χ1n) is 5.39. The molecule has 15 heavy (non-hydrogen) atoms. The van der Waals surface area contributed by atoms with E-state index in [9.17, 15) is 9.59 Å². The highest BCUT2D eigenvalue weighted by Crippen LogP contribution is 2.00. The molecule has 0 fully saturated rings. The molecule has 0 aliphatic carbocycles. The summed E-state index contributed by atoms with van der Waals surface area (Å²) in [6.07, 6.45) is 0.280. The lowest BCUT2D eigenvalue weighted by atomic mass is 10.1. The molecular weight excluding hydrogens is 194 g/mol. The van der Waals surface area contributed by atoms with E-state index in [0.717, 1.165) is 0 Å². The van der Waals surface area contributed by atoms with Crippen molar-refractivity contribution in [1.29, 1.82) is 0 Å². The molecular formula is C11H23NO3. The van der Waals surface area contributed by atoms with E-state index in [1.165, 1.54) is 6.92 Å². The monoisotopic (exact) mass is 217 g/mol. The van der Waals surface area contributed by atoms with Gasteiger partial charge in [0, 0.05) is 18.5 Å². The summed E-state index contributed by atoms with van der Waals surface area (Å²) in [5.74, 6) is -0.862. The van der Waals surface area contributed by atoms with Crippen LogP contribution in [0, 0.1) is 0 Å². The standard InChI is InChI=1S/C9H17NO3.C2H6/c1-6(2)10-8(4-7(3)11)5-9(12)13;1-2/h6,8,10H,4-5H2,1-3H3,(H,12,13);1-2H3. The Kier molecular flexibility index (Phi) is 10.6. The smallest absolute Gasteiger partial charge is 0.304 e.